The fourth-order valence-corrected chi connectivity index (χ4v) is 3.39. The van der Waals surface area contributed by atoms with Crippen molar-refractivity contribution in [1.82, 2.24) is 14.3 Å². The highest BCUT2D eigenvalue weighted by Crippen LogP contribution is 2.26. The molecule has 0 unspecified atom stereocenters. The molecular formula is C16H20N4O3S. The number of amides is 1. The molecule has 0 saturated carbocycles. The Labute approximate surface area is 145 Å². The van der Waals surface area contributed by atoms with Crippen LogP contribution < -0.4 is 14.4 Å². The summed E-state index contributed by atoms with van der Waals surface area (Å²) >= 11 is 1.40. The number of aromatic nitrogens is 2. The zero-order chi connectivity index (χ0) is 17.1. The lowest BCUT2D eigenvalue weighted by atomic mass is 10.1. The number of methoxy groups -OCH3 is 2. The van der Waals surface area contributed by atoms with Crippen LogP contribution in [0.3, 0.4) is 0 Å². The highest BCUT2D eigenvalue weighted by atomic mass is 32.1. The summed E-state index contributed by atoms with van der Waals surface area (Å²) in [6.07, 6.45) is 0. The Balaban J connectivity index is 1.69. The van der Waals surface area contributed by atoms with Gasteiger partial charge in [-0.3, -0.25) is 4.79 Å². The number of carbonyl (C=O) groups excluding carboxylic acids is 1. The molecule has 7 nitrogen and oxygen atoms in total. The van der Waals surface area contributed by atoms with Gasteiger partial charge in [-0.2, -0.15) is 4.37 Å². The minimum atomic E-state index is -0.0254. The predicted octanol–water partition coefficient (Wildman–Crippen LogP) is 1.83. The third-order valence-electron chi connectivity index (χ3n) is 3.99. The van der Waals surface area contributed by atoms with Crippen LogP contribution in [0.1, 0.15) is 16.2 Å². The van der Waals surface area contributed by atoms with Gasteiger partial charge in [0.05, 0.1) is 19.8 Å². The molecule has 1 saturated heterocycles. The molecule has 1 fully saturated rings. The lowest BCUT2D eigenvalue weighted by Crippen LogP contribution is -2.48. The van der Waals surface area contributed by atoms with E-state index < -0.39 is 0 Å². The van der Waals surface area contributed by atoms with Crippen molar-refractivity contribution < 1.29 is 14.3 Å². The Bertz CT molecular complexity index is 726. The summed E-state index contributed by atoms with van der Waals surface area (Å²) in [6.45, 7) is 4.67. The third-order valence-corrected chi connectivity index (χ3v) is 4.86. The van der Waals surface area contributed by atoms with E-state index in [4.69, 9.17) is 9.47 Å². The van der Waals surface area contributed by atoms with E-state index >= 15 is 0 Å². The van der Waals surface area contributed by atoms with Crippen molar-refractivity contribution in [3.05, 3.63) is 29.6 Å². The van der Waals surface area contributed by atoms with E-state index in [-0.39, 0.29) is 5.91 Å². The maximum absolute atomic E-state index is 12.8. The van der Waals surface area contributed by atoms with Crippen LogP contribution >= 0.6 is 11.5 Å². The molecule has 1 aliphatic heterocycles. The van der Waals surface area contributed by atoms with Gasteiger partial charge in [0, 0.05) is 43.8 Å². The van der Waals surface area contributed by atoms with Crippen molar-refractivity contribution in [2.45, 2.75) is 6.92 Å². The second-order valence-corrected chi connectivity index (χ2v) is 6.20. The average Bonchev–Trinajstić information content (AvgIpc) is 3.07. The Morgan fingerprint density at radius 3 is 2.50 bits per heavy atom. The fraction of sp³-hybridized carbons (Fsp3) is 0.438. The minimum Gasteiger partial charge on any atom is -0.497 e. The Morgan fingerprint density at radius 2 is 1.92 bits per heavy atom. The minimum absolute atomic E-state index is 0.0254. The van der Waals surface area contributed by atoms with E-state index in [1.165, 1.54) is 11.5 Å². The van der Waals surface area contributed by atoms with Crippen molar-refractivity contribution in [2.24, 2.45) is 0 Å². The van der Waals surface area contributed by atoms with Crippen molar-refractivity contribution in [1.29, 1.82) is 0 Å². The van der Waals surface area contributed by atoms with Gasteiger partial charge in [-0.25, -0.2) is 4.98 Å². The molecule has 2 aromatic rings. The molecule has 1 amide bonds. The Morgan fingerprint density at radius 1 is 1.17 bits per heavy atom. The van der Waals surface area contributed by atoms with Gasteiger partial charge in [-0.1, -0.05) is 0 Å². The van der Waals surface area contributed by atoms with E-state index in [1.807, 2.05) is 11.8 Å². The Hall–Kier alpha value is -2.35. The summed E-state index contributed by atoms with van der Waals surface area (Å²) in [5.41, 5.74) is 0.554. The highest BCUT2D eigenvalue weighted by Gasteiger charge is 2.25. The molecule has 0 aliphatic carbocycles. The molecule has 3 rings (SSSR count). The van der Waals surface area contributed by atoms with Crippen molar-refractivity contribution >= 4 is 22.6 Å². The number of aryl methyl sites for hydroxylation is 1. The molecule has 24 heavy (non-hydrogen) atoms. The first-order valence-corrected chi connectivity index (χ1v) is 8.46. The quantitative estimate of drug-likeness (QED) is 0.840. The summed E-state index contributed by atoms with van der Waals surface area (Å²) < 4.78 is 14.7. The number of benzene rings is 1. The van der Waals surface area contributed by atoms with Crippen LogP contribution in [0, 0.1) is 6.92 Å². The molecule has 128 valence electrons. The number of hydrogen-bond donors (Lipinski definition) is 0. The molecule has 2 heterocycles. The van der Waals surface area contributed by atoms with Gasteiger partial charge in [0.15, 0.2) is 0 Å². The van der Waals surface area contributed by atoms with Gasteiger partial charge >= 0.3 is 0 Å². The van der Waals surface area contributed by atoms with Crippen molar-refractivity contribution in [3.8, 4) is 11.5 Å². The molecule has 1 aromatic carbocycles. The van der Waals surface area contributed by atoms with Crippen LogP contribution in [0.2, 0.25) is 0 Å². The molecule has 0 bridgehead atoms. The van der Waals surface area contributed by atoms with E-state index in [1.54, 1.807) is 32.4 Å². The summed E-state index contributed by atoms with van der Waals surface area (Å²) in [5, 5.41) is 0.918. The monoisotopic (exact) mass is 348 g/mol. The molecule has 1 aliphatic rings. The summed E-state index contributed by atoms with van der Waals surface area (Å²) in [5.74, 6) is 1.96. The maximum Gasteiger partial charge on any atom is 0.257 e. The molecule has 0 N–H and O–H groups in total. The van der Waals surface area contributed by atoms with Crippen LogP contribution in [0.4, 0.5) is 5.13 Å². The molecular weight excluding hydrogens is 328 g/mol. The number of rotatable bonds is 4. The molecule has 0 radical (unpaired) electrons. The SMILES string of the molecule is COc1ccc(C(=O)N2CCN(c3nc(C)ns3)CC2)c(OC)c1. The van der Waals surface area contributed by atoms with Gasteiger partial charge < -0.3 is 19.3 Å². The third kappa shape index (κ3) is 3.28. The second kappa shape index (κ2) is 7.04. The van der Waals surface area contributed by atoms with E-state index in [9.17, 15) is 4.79 Å². The number of anilines is 1. The normalized spacial score (nSPS) is 14.6. The number of piperazine rings is 1. The predicted molar refractivity (Wildman–Crippen MR) is 92.3 cm³/mol. The first-order chi connectivity index (χ1) is 11.6. The van der Waals surface area contributed by atoms with Gasteiger partial charge in [-0.05, 0) is 19.1 Å². The van der Waals surface area contributed by atoms with Crippen molar-refractivity contribution in [3.63, 3.8) is 0 Å². The van der Waals surface area contributed by atoms with Crippen LogP contribution in [-0.2, 0) is 0 Å². The highest BCUT2D eigenvalue weighted by molar-refractivity contribution is 7.09. The van der Waals surface area contributed by atoms with Crippen LogP contribution in [0.15, 0.2) is 18.2 Å². The lowest BCUT2D eigenvalue weighted by Gasteiger charge is -2.34. The van der Waals surface area contributed by atoms with Crippen LogP contribution in [0.5, 0.6) is 11.5 Å². The fourth-order valence-electron chi connectivity index (χ4n) is 2.66. The van der Waals surface area contributed by atoms with Gasteiger partial charge in [0.2, 0.25) is 5.13 Å². The molecule has 8 heteroatoms. The molecule has 0 spiro atoms. The lowest BCUT2D eigenvalue weighted by molar-refractivity contribution is 0.0743. The van der Waals surface area contributed by atoms with E-state index in [0.717, 1.165) is 24.0 Å². The van der Waals surface area contributed by atoms with Gasteiger partial charge in [0.1, 0.15) is 17.3 Å². The van der Waals surface area contributed by atoms with E-state index in [0.29, 0.717) is 30.2 Å². The first kappa shape index (κ1) is 16.5. The van der Waals surface area contributed by atoms with E-state index in [2.05, 4.69) is 14.3 Å². The van der Waals surface area contributed by atoms with Gasteiger partial charge in [-0.15, -0.1) is 0 Å². The van der Waals surface area contributed by atoms with Crippen molar-refractivity contribution in [2.75, 3.05) is 45.3 Å². The number of nitrogens with zero attached hydrogens (tertiary/aromatic N) is 4. The average molecular weight is 348 g/mol. The largest absolute Gasteiger partial charge is 0.497 e. The number of hydrogen-bond acceptors (Lipinski definition) is 7. The topological polar surface area (TPSA) is 67.8 Å². The van der Waals surface area contributed by atoms with Gasteiger partial charge in [0.25, 0.3) is 5.91 Å². The summed E-state index contributed by atoms with van der Waals surface area (Å²) in [7, 11) is 3.14. The van der Waals surface area contributed by atoms with Crippen LogP contribution in [0.25, 0.3) is 0 Å². The zero-order valence-corrected chi connectivity index (χ0v) is 14.8. The standard InChI is InChI=1S/C16H20N4O3S/c1-11-17-16(24-18-11)20-8-6-19(7-9-20)15(21)13-5-4-12(22-2)10-14(13)23-3/h4-5,10H,6-9H2,1-3H3. The molecule has 1 aromatic heterocycles. The Kier molecular flexibility index (Phi) is 4.84. The summed E-state index contributed by atoms with van der Waals surface area (Å²) in [4.78, 5) is 21.2. The smallest absolute Gasteiger partial charge is 0.257 e. The molecule has 0 atom stereocenters. The van der Waals surface area contributed by atoms with Crippen LogP contribution in [-0.4, -0.2) is 60.6 Å². The number of ether oxygens (including phenoxy) is 2. The number of carbonyl (C=O) groups is 1. The summed E-state index contributed by atoms with van der Waals surface area (Å²) in [6, 6.07) is 5.25. The second-order valence-electron chi connectivity index (χ2n) is 5.47. The maximum atomic E-state index is 12.8. The zero-order valence-electron chi connectivity index (χ0n) is 14.0. The first-order valence-electron chi connectivity index (χ1n) is 7.69.